The molecule has 160 valence electrons. The van der Waals surface area contributed by atoms with Gasteiger partial charge in [0.15, 0.2) is 5.82 Å². The van der Waals surface area contributed by atoms with Crippen molar-refractivity contribution >= 4 is 5.82 Å². The molecule has 2 aromatic heterocycles. The van der Waals surface area contributed by atoms with Crippen LogP contribution >= 0.6 is 0 Å². The summed E-state index contributed by atoms with van der Waals surface area (Å²) in [7, 11) is 2.10. The highest BCUT2D eigenvalue weighted by atomic mass is 16.3. The normalized spacial score (nSPS) is 21.3. The van der Waals surface area contributed by atoms with Gasteiger partial charge in [0.25, 0.3) is 0 Å². The fraction of sp³-hybridized carbons (Fsp3) is 0.417. The first-order valence-corrected chi connectivity index (χ1v) is 10.8. The fourth-order valence-corrected chi connectivity index (χ4v) is 4.39. The van der Waals surface area contributed by atoms with Crippen LogP contribution in [0.4, 0.5) is 5.82 Å². The summed E-state index contributed by atoms with van der Waals surface area (Å²) in [5.41, 5.74) is 2.35. The van der Waals surface area contributed by atoms with Crippen LogP contribution in [0.3, 0.4) is 0 Å². The zero-order chi connectivity index (χ0) is 22.0. The van der Waals surface area contributed by atoms with Crippen molar-refractivity contribution in [3.05, 3.63) is 48.3 Å². The van der Waals surface area contributed by atoms with Crippen molar-refractivity contribution in [1.82, 2.24) is 20.0 Å². The zero-order valence-corrected chi connectivity index (χ0v) is 18.2. The van der Waals surface area contributed by atoms with E-state index in [-0.39, 0.29) is 5.75 Å². The maximum atomic E-state index is 10.6. The third kappa shape index (κ3) is 4.53. The Morgan fingerprint density at radius 1 is 1.10 bits per heavy atom. The van der Waals surface area contributed by atoms with Gasteiger partial charge in [-0.1, -0.05) is 26.7 Å². The molecule has 31 heavy (non-hydrogen) atoms. The van der Waals surface area contributed by atoms with Crippen LogP contribution in [0.2, 0.25) is 0 Å². The molecular weight excluding hydrogens is 388 g/mol. The van der Waals surface area contributed by atoms with Crippen molar-refractivity contribution in [3.8, 4) is 28.8 Å². The summed E-state index contributed by atoms with van der Waals surface area (Å²) in [5.74, 6) is 2.39. The summed E-state index contributed by atoms with van der Waals surface area (Å²) < 4.78 is 1.56. The van der Waals surface area contributed by atoms with Gasteiger partial charge in [-0.25, -0.2) is 4.68 Å². The zero-order valence-electron chi connectivity index (χ0n) is 18.2. The van der Waals surface area contributed by atoms with Crippen molar-refractivity contribution in [2.75, 3.05) is 11.9 Å². The second kappa shape index (κ2) is 8.76. The molecule has 4 rings (SSSR count). The van der Waals surface area contributed by atoms with Crippen LogP contribution in [-0.4, -0.2) is 38.2 Å². The average molecular weight is 417 g/mol. The number of benzene rings is 1. The van der Waals surface area contributed by atoms with Crippen molar-refractivity contribution in [3.63, 3.8) is 0 Å². The Kier molecular flexibility index (Phi) is 5.90. The van der Waals surface area contributed by atoms with Crippen molar-refractivity contribution in [1.29, 1.82) is 5.26 Å². The Bertz CT molecular complexity index is 1070. The van der Waals surface area contributed by atoms with E-state index >= 15 is 0 Å². The van der Waals surface area contributed by atoms with E-state index < -0.39 is 0 Å². The minimum atomic E-state index is 0.0910. The number of rotatable bonds is 4. The topological polar surface area (TPSA) is 90.9 Å². The standard InChI is InChI=1S/C24H28N6O/c1-16-4-5-17(2)11-20(10-16)29(3)24-9-8-22(27-28-24)21-7-6-19(12-23(21)31)30-15-18(13-25)14-26-30/h6-9,12,14-17,20,31H,4-5,10-11H2,1-3H3/t16-,17+,20?. The van der Waals surface area contributed by atoms with E-state index in [1.54, 1.807) is 23.0 Å². The van der Waals surface area contributed by atoms with Gasteiger partial charge in [0.2, 0.25) is 0 Å². The second-order valence-electron chi connectivity index (χ2n) is 8.79. The van der Waals surface area contributed by atoms with E-state index in [1.807, 2.05) is 24.3 Å². The molecule has 0 radical (unpaired) electrons. The van der Waals surface area contributed by atoms with E-state index in [9.17, 15) is 5.11 Å². The number of aromatic nitrogens is 4. The molecule has 7 nitrogen and oxygen atoms in total. The molecule has 1 aliphatic carbocycles. The number of nitrogens with zero attached hydrogens (tertiary/aromatic N) is 6. The molecule has 7 heteroatoms. The lowest BCUT2D eigenvalue weighted by molar-refractivity contribution is 0.446. The lowest BCUT2D eigenvalue weighted by Crippen LogP contribution is -2.34. The molecule has 3 atom stereocenters. The Hall–Kier alpha value is -3.40. The summed E-state index contributed by atoms with van der Waals surface area (Å²) in [6.07, 6.45) is 8.04. The molecule has 0 aliphatic heterocycles. The van der Waals surface area contributed by atoms with Gasteiger partial charge in [0.1, 0.15) is 11.8 Å². The third-order valence-corrected chi connectivity index (χ3v) is 6.29. The van der Waals surface area contributed by atoms with E-state index in [0.717, 1.165) is 17.7 Å². The molecule has 0 spiro atoms. The van der Waals surface area contributed by atoms with Gasteiger partial charge in [0.05, 0.1) is 23.1 Å². The van der Waals surface area contributed by atoms with Gasteiger partial charge >= 0.3 is 0 Å². The SMILES string of the molecule is C[C@@H]1CC[C@H](C)CC(N(C)c2ccc(-c3ccc(-n4cc(C#N)cn4)cc3O)nn2)C1. The number of aromatic hydroxyl groups is 1. The minimum Gasteiger partial charge on any atom is -0.507 e. The maximum absolute atomic E-state index is 10.6. The molecule has 3 aromatic rings. The first-order chi connectivity index (χ1) is 14.9. The van der Waals surface area contributed by atoms with Crippen LogP contribution in [-0.2, 0) is 0 Å². The monoisotopic (exact) mass is 416 g/mol. The molecule has 1 saturated carbocycles. The predicted molar refractivity (Wildman–Crippen MR) is 120 cm³/mol. The fourth-order valence-electron chi connectivity index (χ4n) is 4.39. The Balaban J connectivity index is 1.53. The molecule has 1 N–H and O–H groups in total. The molecule has 1 unspecified atom stereocenters. The lowest BCUT2D eigenvalue weighted by atomic mass is 9.98. The van der Waals surface area contributed by atoms with Crippen molar-refractivity contribution in [2.24, 2.45) is 11.8 Å². The molecule has 1 aliphatic rings. The molecule has 1 fully saturated rings. The lowest BCUT2D eigenvalue weighted by Gasteiger charge is -2.30. The predicted octanol–water partition coefficient (Wildman–Crippen LogP) is 4.56. The van der Waals surface area contributed by atoms with Gasteiger partial charge in [-0.05, 0) is 48.9 Å². The smallest absolute Gasteiger partial charge is 0.151 e. The Morgan fingerprint density at radius 2 is 1.84 bits per heavy atom. The highest BCUT2D eigenvalue weighted by Gasteiger charge is 2.25. The van der Waals surface area contributed by atoms with E-state index in [0.29, 0.717) is 28.6 Å². The van der Waals surface area contributed by atoms with Gasteiger partial charge in [-0.15, -0.1) is 10.2 Å². The summed E-state index contributed by atoms with van der Waals surface area (Å²) >= 11 is 0. The van der Waals surface area contributed by atoms with Crippen LogP contribution in [0.1, 0.15) is 45.1 Å². The van der Waals surface area contributed by atoms with Crippen LogP contribution in [0.15, 0.2) is 42.7 Å². The average Bonchev–Trinajstić information content (AvgIpc) is 3.19. The van der Waals surface area contributed by atoms with Crippen LogP contribution in [0, 0.1) is 23.2 Å². The highest BCUT2D eigenvalue weighted by molar-refractivity contribution is 5.69. The Morgan fingerprint density at radius 3 is 2.42 bits per heavy atom. The summed E-state index contributed by atoms with van der Waals surface area (Å²) in [4.78, 5) is 2.25. The first kappa shape index (κ1) is 20.9. The van der Waals surface area contributed by atoms with Crippen molar-refractivity contribution in [2.45, 2.75) is 45.6 Å². The number of phenols is 1. The molecule has 1 aromatic carbocycles. The first-order valence-electron chi connectivity index (χ1n) is 10.8. The summed E-state index contributed by atoms with van der Waals surface area (Å²) in [6, 6.07) is 11.6. The van der Waals surface area contributed by atoms with Crippen LogP contribution < -0.4 is 4.90 Å². The number of phenolic OH excluding ortho intramolecular Hbond substituents is 1. The minimum absolute atomic E-state index is 0.0910. The molecule has 0 bridgehead atoms. The quantitative estimate of drug-likeness (QED) is 0.627. The molecule has 2 heterocycles. The molecular formula is C24H28N6O. The summed E-state index contributed by atoms with van der Waals surface area (Å²) in [6.45, 7) is 4.68. The van der Waals surface area contributed by atoms with Crippen molar-refractivity contribution < 1.29 is 5.11 Å². The van der Waals surface area contributed by atoms with Gasteiger partial charge in [-0.2, -0.15) is 10.4 Å². The van der Waals surface area contributed by atoms with Gasteiger partial charge < -0.3 is 10.0 Å². The van der Waals surface area contributed by atoms with E-state index in [4.69, 9.17) is 5.26 Å². The van der Waals surface area contributed by atoms with E-state index in [2.05, 4.69) is 41.1 Å². The van der Waals surface area contributed by atoms with Crippen LogP contribution in [0.25, 0.3) is 16.9 Å². The van der Waals surface area contributed by atoms with E-state index in [1.165, 1.54) is 31.9 Å². The number of anilines is 1. The Labute approximate surface area is 183 Å². The number of hydrogen-bond acceptors (Lipinski definition) is 6. The number of nitriles is 1. The third-order valence-electron chi connectivity index (χ3n) is 6.29. The largest absolute Gasteiger partial charge is 0.507 e. The summed E-state index contributed by atoms with van der Waals surface area (Å²) in [5, 5.41) is 32.5. The highest BCUT2D eigenvalue weighted by Crippen LogP contribution is 2.33. The van der Waals surface area contributed by atoms with Gasteiger partial charge in [0, 0.05) is 30.9 Å². The van der Waals surface area contributed by atoms with Crippen LogP contribution in [0.5, 0.6) is 5.75 Å². The van der Waals surface area contributed by atoms with Gasteiger partial charge in [-0.3, -0.25) is 0 Å². The molecule has 0 amide bonds. The second-order valence-corrected chi connectivity index (χ2v) is 8.79. The molecule has 0 saturated heterocycles. The maximum Gasteiger partial charge on any atom is 0.151 e. The number of hydrogen-bond donors (Lipinski definition) is 1.